The van der Waals surface area contributed by atoms with Crippen LogP contribution in [0.15, 0.2) is 41.3 Å². The monoisotopic (exact) mass is 393 g/mol. The molecule has 0 aliphatic rings. The summed E-state index contributed by atoms with van der Waals surface area (Å²) >= 11 is 0. The van der Waals surface area contributed by atoms with Crippen molar-refractivity contribution in [3.8, 4) is 34.0 Å². The molecule has 8 heteroatoms. The number of aryl methyl sites for hydroxylation is 2. The molecule has 4 rings (SSSR count). The molecule has 0 aliphatic heterocycles. The Hall–Kier alpha value is -3.55. The van der Waals surface area contributed by atoms with E-state index in [1.807, 2.05) is 49.0 Å². The van der Waals surface area contributed by atoms with Crippen LogP contribution >= 0.6 is 0 Å². The minimum absolute atomic E-state index is 0.183. The maximum absolute atomic E-state index is 12.8. The quantitative estimate of drug-likeness (QED) is 0.544. The van der Waals surface area contributed by atoms with Gasteiger partial charge in [-0.05, 0) is 37.1 Å². The number of H-pyrrole nitrogens is 1. The Balaban J connectivity index is 1.96. The van der Waals surface area contributed by atoms with Gasteiger partial charge in [0.1, 0.15) is 5.69 Å². The fourth-order valence-corrected chi connectivity index (χ4v) is 3.44. The number of fused-ring (bicyclic) bond motifs is 1. The van der Waals surface area contributed by atoms with Gasteiger partial charge < -0.3 is 9.47 Å². The highest BCUT2D eigenvalue weighted by molar-refractivity contribution is 5.82. The predicted molar refractivity (Wildman–Crippen MR) is 111 cm³/mol. The molecule has 0 saturated heterocycles. The predicted octanol–water partition coefficient (Wildman–Crippen LogP) is 3.15. The fourth-order valence-electron chi connectivity index (χ4n) is 3.44. The van der Waals surface area contributed by atoms with E-state index in [9.17, 15) is 4.79 Å². The molecule has 0 fully saturated rings. The average molecular weight is 393 g/mol. The smallest absolute Gasteiger partial charge is 0.273 e. The average Bonchev–Trinajstić information content (AvgIpc) is 3.37. The van der Waals surface area contributed by atoms with Crippen molar-refractivity contribution in [2.24, 2.45) is 0 Å². The highest BCUT2D eigenvalue weighted by Crippen LogP contribution is 2.35. The zero-order valence-electron chi connectivity index (χ0n) is 16.9. The lowest BCUT2D eigenvalue weighted by molar-refractivity contribution is 0.355. The molecule has 0 spiro atoms. The molecule has 0 aliphatic carbocycles. The van der Waals surface area contributed by atoms with Crippen LogP contribution in [0, 0.1) is 0 Å². The number of aromatic nitrogens is 5. The molecule has 0 saturated carbocycles. The van der Waals surface area contributed by atoms with Crippen molar-refractivity contribution in [3.05, 3.63) is 52.6 Å². The van der Waals surface area contributed by atoms with E-state index in [-0.39, 0.29) is 5.56 Å². The van der Waals surface area contributed by atoms with Crippen LogP contribution in [0.25, 0.3) is 28.2 Å². The van der Waals surface area contributed by atoms with Crippen molar-refractivity contribution in [1.29, 1.82) is 0 Å². The van der Waals surface area contributed by atoms with Crippen molar-refractivity contribution in [2.75, 3.05) is 14.2 Å². The lowest BCUT2D eigenvalue weighted by Crippen LogP contribution is -2.14. The molecular weight excluding hydrogens is 370 g/mol. The van der Waals surface area contributed by atoms with Gasteiger partial charge in [-0.3, -0.25) is 14.6 Å². The lowest BCUT2D eigenvalue weighted by Gasteiger charge is -2.10. The van der Waals surface area contributed by atoms with Crippen LogP contribution < -0.4 is 15.0 Å². The summed E-state index contributed by atoms with van der Waals surface area (Å²) in [6.07, 6.45) is 2.59. The number of benzene rings is 1. The van der Waals surface area contributed by atoms with E-state index in [0.29, 0.717) is 35.0 Å². The van der Waals surface area contributed by atoms with Gasteiger partial charge in [0.2, 0.25) is 0 Å². The van der Waals surface area contributed by atoms with Gasteiger partial charge in [0.05, 0.1) is 19.9 Å². The minimum Gasteiger partial charge on any atom is -0.493 e. The Labute approximate surface area is 167 Å². The molecule has 150 valence electrons. The summed E-state index contributed by atoms with van der Waals surface area (Å²) in [5.41, 5.74) is 4.26. The molecule has 29 heavy (non-hydrogen) atoms. The Morgan fingerprint density at radius 1 is 1.03 bits per heavy atom. The molecule has 3 heterocycles. The Kier molecular flexibility index (Phi) is 4.84. The molecule has 8 nitrogen and oxygen atoms in total. The van der Waals surface area contributed by atoms with E-state index in [1.54, 1.807) is 14.2 Å². The summed E-state index contributed by atoms with van der Waals surface area (Å²) < 4.78 is 14.1. The first kappa shape index (κ1) is 18.8. The molecule has 1 N–H and O–H groups in total. The second-order valence-corrected chi connectivity index (χ2v) is 6.58. The third kappa shape index (κ3) is 3.16. The van der Waals surface area contributed by atoms with E-state index in [0.717, 1.165) is 23.4 Å². The first-order chi connectivity index (χ1) is 14.1. The lowest BCUT2D eigenvalue weighted by atomic mass is 10.0. The van der Waals surface area contributed by atoms with Crippen molar-refractivity contribution in [3.63, 3.8) is 0 Å². The van der Waals surface area contributed by atoms with Gasteiger partial charge in [0.15, 0.2) is 17.1 Å². The van der Waals surface area contributed by atoms with Crippen LogP contribution in [-0.4, -0.2) is 38.6 Å². The number of rotatable bonds is 6. The second-order valence-electron chi connectivity index (χ2n) is 6.58. The number of methoxy groups -OCH3 is 2. The third-order valence-corrected chi connectivity index (χ3v) is 4.94. The van der Waals surface area contributed by atoms with E-state index in [1.165, 1.54) is 10.6 Å². The van der Waals surface area contributed by atoms with Crippen molar-refractivity contribution in [1.82, 2.24) is 24.4 Å². The molecular formula is C21H23N5O3. The van der Waals surface area contributed by atoms with Crippen molar-refractivity contribution < 1.29 is 9.47 Å². The number of hydrogen-bond donors (Lipinski definition) is 1. The normalized spacial score (nSPS) is 11.2. The van der Waals surface area contributed by atoms with Crippen molar-refractivity contribution >= 4 is 5.65 Å². The van der Waals surface area contributed by atoms with Gasteiger partial charge >= 0.3 is 0 Å². The summed E-state index contributed by atoms with van der Waals surface area (Å²) in [5, 5.41) is 7.67. The molecule has 0 bridgehead atoms. The van der Waals surface area contributed by atoms with Crippen LogP contribution in [0.5, 0.6) is 11.5 Å². The number of aromatic amines is 1. The zero-order chi connectivity index (χ0) is 20.5. The molecule has 0 amide bonds. The summed E-state index contributed by atoms with van der Waals surface area (Å²) in [7, 11) is 3.20. The van der Waals surface area contributed by atoms with E-state index < -0.39 is 0 Å². The number of nitrogens with zero attached hydrogens (tertiary/aromatic N) is 4. The van der Waals surface area contributed by atoms with Gasteiger partial charge in [-0.2, -0.15) is 5.10 Å². The Morgan fingerprint density at radius 2 is 1.83 bits per heavy atom. The van der Waals surface area contributed by atoms with E-state index in [2.05, 4.69) is 10.2 Å². The van der Waals surface area contributed by atoms with Crippen LogP contribution in [0.2, 0.25) is 0 Å². The molecule has 0 radical (unpaired) electrons. The van der Waals surface area contributed by atoms with Gasteiger partial charge in [-0.15, -0.1) is 0 Å². The maximum Gasteiger partial charge on any atom is 0.273 e. The largest absolute Gasteiger partial charge is 0.493 e. The number of nitrogens with one attached hydrogen (secondary N) is 1. The van der Waals surface area contributed by atoms with Crippen LogP contribution in [-0.2, 0) is 13.0 Å². The standard InChI is InChI=1S/C21H23N5O3/c1-5-14-20(13-7-8-17(28-3)18(11-13)29-4)21-22-16(12-19(27)26(21)24-14)15-9-10-25(6-2)23-15/h7-12,24H,5-6H2,1-4H3. The molecule has 0 atom stereocenters. The minimum atomic E-state index is -0.183. The summed E-state index contributed by atoms with van der Waals surface area (Å²) in [4.78, 5) is 17.6. The van der Waals surface area contributed by atoms with Gasteiger partial charge in [-0.1, -0.05) is 13.0 Å². The van der Waals surface area contributed by atoms with Crippen LogP contribution in [0.3, 0.4) is 0 Å². The van der Waals surface area contributed by atoms with Gasteiger partial charge in [0.25, 0.3) is 5.56 Å². The van der Waals surface area contributed by atoms with Gasteiger partial charge in [0, 0.05) is 30.1 Å². The third-order valence-electron chi connectivity index (χ3n) is 4.94. The second kappa shape index (κ2) is 7.46. The molecule has 3 aromatic heterocycles. The maximum atomic E-state index is 12.8. The topological polar surface area (TPSA) is 86.4 Å². The Bertz CT molecular complexity index is 1240. The highest BCUT2D eigenvalue weighted by Gasteiger charge is 2.19. The molecule has 4 aromatic rings. The number of ether oxygens (including phenoxy) is 2. The summed E-state index contributed by atoms with van der Waals surface area (Å²) in [5.74, 6) is 1.26. The number of hydrogen-bond acceptors (Lipinski definition) is 5. The van der Waals surface area contributed by atoms with Crippen LogP contribution in [0.1, 0.15) is 19.5 Å². The SMILES string of the molecule is CCc1[nH]n2c(=O)cc(-c3ccn(CC)n3)nc2c1-c1ccc(OC)c(OC)c1. The molecule has 0 unspecified atom stereocenters. The fraction of sp³-hybridized carbons (Fsp3) is 0.286. The first-order valence-electron chi connectivity index (χ1n) is 9.50. The van der Waals surface area contributed by atoms with E-state index >= 15 is 0 Å². The summed E-state index contributed by atoms with van der Waals surface area (Å²) in [6.45, 7) is 4.79. The Morgan fingerprint density at radius 3 is 2.48 bits per heavy atom. The highest BCUT2D eigenvalue weighted by atomic mass is 16.5. The molecule has 1 aromatic carbocycles. The zero-order valence-corrected chi connectivity index (χ0v) is 16.9. The first-order valence-corrected chi connectivity index (χ1v) is 9.50. The van der Waals surface area contributed by atoms with Crippen LogP contribution in [0.4, 0.5) is 0 Å². The van der Waals surface area contributed by atoms with Gasteiger partial charge in [-0.25, -0.2) is 9.50 Å². The summed E-state index contributed by atoms with van der Waals surface area (Å²) in [6, 6.07) is 9.05. The van der Waals surface area contributed by atoms with Crippen molar-refractivity contribution in [2.45, 2.75) is 26.8 Å². The van der Waals surface area contributed by atoms with E-state index in [4.69, 9.17) is 14.5 Å².